The Hall–Kier alpha value is -1.38. The van der Waals surface area contributed by atoms with Crippen LogP contribution in [0.1, 0.15) is 56.8 Å². The lowest BCUT2D eigenvalue weighted by Crippen LogP contribution is -2.28. The summed E-state index contributed by atoms with van der Waals surface area (Å²) in [5.74, 6) is 0.665. The summed E-state index contributed by atoms with van der Waals surface area (Å²) in [6, 6.07) is 3.56. The average molecular weight is 247 g/mol. The average Bonchev–Trinajstić information content (AvgIpc) is 2.33. The van der Waals surface area contributed by atoms with E-state index in [4.69, 9.17) is 4.74 Å². The number of ketones is 1. The first kappa shape index (κ1) is 13.1. The molecule has 1 aromatic heterocycles. The van der Waals surface area contributed by atoms with Gasteiger partial charge in [0.2, 0.25) is 5.88 Å². The minimum Gasteiger partial charge on any atom is -0.474 e. The molecule has 18 heavy (non-hydrogen) atoms. The molecule has 3 nitrogen and oxygen atoms in total. The van der Waals surface area contributed by atoms with Gasteiger partial charge in [0, 0.05) is 17.8 Å². The van der Waals surface area contributed by atoms with Crippen LogP contribution in [0.15, 0.2) is 18.3 Å². The molecule has 1 aliphatic carbocycles. The van der Waals surface area contributed by atoms with E-state index in [1.54, 1.807) is 25.3 Å². The third-order valence-electron chi connectivity index (χ3n) is 3.72. The molecule has 1 aliphatic rings. The molecule has 1 fully saturated rings. The van der Waals surface area contributed by atoms with Crippen LogP contribution < -0.4 is 4.74 Å². The Morgan fingerprint density at radius 1 is 1.33 bits per heavy atom. The van der Waals surface area contributed by atoms with E-state index in [1.807, 2.05) is 0 Å². The summed E-state index contributed by atoms with van der Waals surface area (Å²) in [6.07, 6.45) is 6.43. The summed E-state index contributed by atoms with van der Waals surface area (Å²) in [5, 5.41) is 0. The predicted molar refractivity (Wildman–Crippen MR) is 70.9 cm³/mol. The first-order valence-electron chi connectivity index (χ1n) is 6.60. The predicted octanol–water partition coefficient (Wildman–Crippen LogP) is 3.63. The molecule has 98 valence electrons. The maximum absolute atomic E-state index is 11.1. The van der Waals surface area contributed by atoms with Gasteiger partial charge in [-0.3, -0.25) is 4.79 Å². The largest absolute Gasteiger partial charge is 0.474 e. The first-order valence-corrected chi connectivity index (χ1v) is 6.60. The van der Waals surface area contributed by atoms with E-state index in [9.17, 15) is 4.79 Å². The Kier molecular flexibility index (Phi) is 3.69. The number of rotatable bonds is 3. The van der Waals surface area contributed by atoms with Crippen molar-refractivity contribution in [1.29, 1.82) is 0 Å². The van der Waals surface area contributed by atoms with E-state index in [2.05, 4.69) is 18.8 Å². The van der Waals surface area contributed by atoms with Crippen LogP contribution in [0, 0.1) is 5.41 Å². The van der Waals surface area contributed by atoms with Gasteiger partial charge in [0.15, 0.2) is 5.78 Å². The van der Waals surface area contributed by atoms with Crippen molar-refractivity contribution in [3.05, 3.63) is 23.9 Å². The van der Waals surface area contributed by atoms with Crippen LogP contribution in [0.5, 0.6) is 5.88 Å². The van der Waals surface area contributed by atoms with Crippen LogP contribution in [0.3, 0.4) is 0 Å². The molecule has 0 saturated heterocycles. The molecule has 0 radical (unpaired) electrons. The van der Waals surface area contributed by atoms with Crippen LogP contribution in [0.25, 0.3) is 0 Å². The number of ether oxygens (including phenoxy) is 1. The molecular weight excluding hydrogens is 226 g/mol. The van der Waals surface area contributed by atoms with Gasteiger partial charge in [0.25, 0.3) is 0 Å². The molecule has 0 spiro atoms. The van der Waals surface area contributed by atoms with Crippen LogP contribution in [-0.2, 0) is 0 Å². The third kappa shape index (κ3) is 3.31. The Bertz CT molecular complexity index is 413. The maximum Gasteiger partial charge on any atom is 0.213 e. The van der Waals surface area contributed by atoms with Crippen molar-refractivity contribution in [2.45, 2.75) is 52.6 Å². The zero-order chi connectivity index (χ0) is 13.2. The minimum atomic E-state index is 0.0356. The Morgan fingerprint density at radius 3 is 2.50 bits per heavy atom. The zero-order valence-corrected chi connectivity index (χ0v) is 11.4. The van der Waals surface area contributed by atoms with E-state index in [0.717, 1.165) is 12.8 Å². The van der Waals surface area contributed by atoms with E-state index in [-0.39, 0.29) is 11.9 Å². The van der Waals surface area contributed by atoms with Gasteiger partial charge in [-0.1, -0.05) is 13.8 Å². The molecule has 0 N–H and O–H groups in total. The van der Waals surface area contributed by atoms with Crippen LogP contribution in [-0.4, -0.2) is 16.9 Å². The normalized spacial score (nSPS) is 19.5. The van der Waals surface area contributed by atoms with Crippen molar-refractivity contribution >= 4 is 5.78 Å². The van der Waals surface area contributed by atoms with Gasteiger partial charge in [0.1, 0.15) is 6.10 Å². The SMILES string of the molecule is CC(=O)c1ccc(OC2CCC(C)(C)CC2)nc1. The van der Waals surface area contributed by atoms with E-state index >= 15 is 0 Å². The van der Waals surface area contributed by atoms with Gasteiger partial charge in [-0.05, 0) is 44.1 Å². The molecule has 0 amide bonds. The van der Waals surface area contributed by atoms with Gasteiger partial charge >= 0.3 is 0 Å². The highest BCUT2D eigenvalue weighted by atomic mass is 16.5. The number of hydrogen-bond donors (Lipinski definition) is 0. The summed E-state index contributed by atoms with van der Waals surface area (Å²) < 4.78 is 5.86. The van der Waals surface area contributed by atoms with Gasteiger partial charge in [-0.25, -0.2) is 4.98 Å². The third-order valence-corrected chi connectivity index (χ3v) is 3.72. The number of aromatic nitrogens is 1. The topological polar surface area (TPSA) is 39.2 Å². The Morgan fingerprint density at radius 2 is 2.00 bits per heavy atom. The van der Waals surface area contributed by atoms with Crippen LogP contribution in [0.4, 0.5) is 0 Å². The Balaban J connectivity index is 1.92. The van der Waals surface area contributed by atoms with Crippen LogP contribution in [0.2, 0.25) is 0 Å². The highest BCUT2D eigenvalue weighted by Crippen LogP contribution is 2.36. The molecule has 0 aromatic carbocycles. The van der Waals surface area contributed by atoms with E-state index < -0.39 is 0 Å². The summed E-state index contributed by atoms with van der Waals surface area (Å²) in [4.78, 5) is 15.3. The fraction of sp³-hybridized carbons (Fsp3) is 0.600. The molecule has 0 unspecified atom stereocenters. The zero-order valence-electron chi connectivity index (χ0n) is 11.4. The van der Waals surface area contributed by atoms with Crippen LogP contribution >= 0.6 is 0 Å². The molecule has 1 saturated carbocycles. The molecular formula is C15H21NO2. The van der Waals surface area contributed by atoms with Crippen molar-refractivity contribution in [2.24, 2.45) is 5.41 Å². The van der Waals surface area contributed by atoms with Crippen molar-refractivity contribution in [2.75, 3.05) is 0 Å². The summed E-state index contributed by atoms with van der Waals surface area (Å²) in [6.45, 7) is 6.16. The highest BCUT2D eigenvalue weighted by molar-refractivity contribution is 5.93. The maximum atomic E-state index is 11.1. The van der Waals surface area contributed by atoms with Crippen molar-refractivity contribution in [3.63, 3.8) is 0 Å². The lowest BCUT2D eigenvalue weighted by Gasteiger charge is -2.34. The van der Waals surface area contributed by atoms with Gasteiger partial charge in [0.05, 0.1) is 0 Å². The number of pyridine rings is 1. The minimum absolute atomic E-state index is 0.0356. The lowest BCUT2D eigenvalue weighted by molar-refractivity contribution is 0.0947. The number of Topliss-reactive ketones (excluding diaryl/α,β-unsaturated/α-hetero) is 1. The number of nitrogens with zero attached hydrogens (tertiary/aromatic N) is 1. The second-order valence-corrected chi connectivity index (χ2v) is 5.92. The quantitative estimate of drug-likeness (QED) is 0.766. The lowest BCUT2D eigenvalue weighted by atomic mass is 9.76. The van der Waals surface area contributed by atoms with E-state index in [0.29, 0.717) is 16.9 Å². The summed E-state index contributed by atoms with van der Waals surface area (Å²) in [7, 11) is 0. The fourth-order valence-electron chi connectivity index (χ4n) is 2.32. The molecule has 2 rings (SSSR count). The van der Waals surface area contributed by atoms with Gasteiger partial charge in [-0.2, -0.15) is 0 Å². The molecule has 0 bridgehead atoms. The monoisotopic (exact) mass is 247 g/mol. The van der Waals surface area contributed by atoms with E-state index in [1.165, 1.54) is 12.8 Å². The smallest absolute Gasteiger partial charge is 0.213 e. The molecule has 0 aliphatic heterocycles. The fourth-order valence-corrected chi connectivity index (χ4v) is 2.32. The molecule has 1 heterocycles. The molecule has 0 atom stereocenters. The van der Waals surface area contributed by atoms with Crippen molar-refractivity contribution in [1.82, 2.24) is 4.98 Å². The second kappa shape index (κ2) is 5.09. The summed E-state index contributed by atoms with van der Waals surface area (Å²) in [5.41, 5.74) is 1.08. The molecule has 1 aromatic rings. The standard InChI is InChI=1S/C15H21NO2/c1-11(17)12-4-5-14(16-10-12)18-13-6-8-15(2,3)9-7-13/h4-5,10,13H,6-9H2,1-3H3. The van der Waals surface area contributed by atoms with Gasteiger partial charge < -0.3 is 4.74 Å². The first-order chi connectivity index (χ1) is 8.46. The molecule has 3 heteroatoms. The Labute approximate surface area is 109 Å². The summed E-state index contributed by atoms with van der Waals surface area (Å²) >= 11 is 0. The number of carbonyl (C=O) groups is 1. The highest BCUT2D eigenvalue weighted by Gasteiger charge is 2.27. The van der Waals surface area contributed by atoms with Crippen molar-refractivity contribution in [3.8, 4) is 5.88 Å². The number of hydrogen-bond acceptors (Lipinski definition) is 3. The van der Waals surface area contributed by atoms with Gasteiger partial charge in [-0.15, -0.1) is 0 Å². The van der Waals surface area contributed by atoms with Crippen molar-refractivity contribution < 1.29 is 9.53 Å². The second-order valence-electron chi connectivity index (χ2n) is 5.92. The number of carbonyl (C=O) groups excluding carboxylic acids is 1.